The van der Waals surface area contributed by atoms with Gasteiger partial charge in [0.1, 0.15) is 11.2 Å². The highest BCUT2D eigenvalue weighted by atomic mass is 16.3. The van der Waals surface area contributed by atoms with Gasteiger partial charge in [0.15, 0.2) is 0 Å². The van der Waals surface area contributed by atoms with Crippen LogP contribution in [-0.2, 0) is 19.3 Å². The molecule has 1 unspecified atom stereocenters. The molecular formula is C22H26O. The maximum absolute atomic E-state index is 6.13. The lowest BCUT2D eigenvalue weighted by Gasteiger charge is -2.15. The van der Waals surface area contributed by atoms with Gasteiger partial charge < -0.3 is 4.42 Å². The summed E-state index contributed by atoms with van der Waals surface area (Å²) in [6.07, 6.45) is 6.22. The van der Waals surface area contributed by atoms with E-state index in [1.54, 1.807) is 0 Å². The van der Waals surface area contributed by atoms with Crippen LogP contribution in [0.2, 0.25) is 0 Å². The Morgan fingerprint density at radius 2 is 1.57 bits per heavy atom. The van der Waals surface area contributed by atoms with Crippen LogP contribution in [0.4, 0.5) is 0 Å². The van der Waals surface area contributed by atoms with E-state index in [9.17, 15) is 0 Å². The first kappa shape index (κ1) is 14.8. The van der Waals surface area contributed by atoms with Crippen molar-refractivity contribution < 1.29 is 4.42 Å². The van der Waals surface area contributed by atoms with Crippen LogP contribution in [0.25, 0.3) is 21.9 Å². The van der Waals surface area contributed by atoms with Crippen LogP contribution < -0.4 is 0 Å². The summed E-state index contributed by atoms with van der Waals surface area (Å²) in [5, 5.41) is 2.60. The SMILES string of the molecule is CC(C)C(C)Cc1ccc2oc3cc4c(cc3c2c1)CCCC4. The summed E-state index contributed by atoms with van der Waals surface area (Å²) >= 11 is 0. The van der Waals surface area contributed by atoms with Crippen LogP contribution in [0.5, 0.6) is 0 Å². The molecule has 1 heteroatoms. The zero-order valence-electron chi connectivity index (χ0n) is 14.5. The molecule has 0 saturated carbocycles. The minimum absolute atomic E-state index is 0.707. The van der Waals surface area contributed by atoms with Gasteiger partial charge in [0.25, 0.3) is 0 Å². The molecule has 1 aromatic heterocycles. The van der Waals surface area contributed by atoms with E-state index in [1.807, 2.05) is 0 Å². The van der Waals surface area contributed by atoms with Gasteiger partial charge in [-0.25, -0.2) is 0 Å². The third-order valence-electron chi connectivity index (χ3n) is 5.69. The van der Waals surface area contributed by atoms with Crippen molar-refractivity contribution in [3.63, 3.8) is 0 Å². The van der Waals surface area contributed by atoms with Gasteiger partial charge in [-0.2, -0.15) is 0 Å². The first-order chi connectivity index (χ1) is 11.1. The molecular weight excluding hydrogens is 280 g/mol. The van der Waals surface area contributed by atoms with E-state index in [0.717, 1.165) is 23.5 Å². The molecule has 1 nitrogen and oxygen atoms in total. The van der Waals surface area contributed by atoms with E-state index < -0.39 is 0 Å². The zero-order chi connectivity index (χ0) is 16.0. The molecule has 0 N–H and O–H groups in total. The van der Waals surface area contributed by atoms with Gasteiger partial charge in [0.05, 0.1) is 0 Å². The minimum Gasteiger partial charge on any atom is -0.456 e. The van der Waals surface area contributed by atoms with E-state index in [1.165, 1.54) is 53.1 Å². The summed E-state index contributed by atoms with van der Waals surface area (Å²) < 4.78 is 6.13. The van der Waals surface area contributed by atoms with E-state index in [2.05, 4.69) is 51.1 Å². The number of aryl methyl sites for hydroxylation is 2. The van der Waals surface area contributed by atoms with Gasteiger partial charge in [0, 0.05) is 10.8 Å². The lowest BCUT2D eigenvalue weighted by Crippen LogP contribution is -2.07. The maximum atomic E-state index is 6.13. The van der Waals surface area contributed by atoms with Crippen LogP contribution in [-0.4, -0.2) is 0 Å². The van der Waals surface area contributed by atoms with Gasteiger partial charge in [-0.05, 0) is 84.9 Å². The van der Waals surface area contributed by atoms with Crippen molar-refractivity contribution in [1.82, 2.24) is 0 Å². The fourth-order valence-corrected chi connectivity index (χ4v) is 3.79. The quantitative estimate of drug-likeness (QED) is 0.553. The predicted molar refractivity (Wildman–Crippen MR) is 98.1 cm³/mol. The molecule has 3 aromatic rings. The van der Waals surface area contributed by atoms with Gasteiger partial charge in [-0.1, -0.05) is 26.8 Å². The molecule has 1 heterocycles. The largest absolute Gasteiger partial charge is 0.456 e. The summed E-state index contributed by atoms with van der Waals surface area (Å²) in [5.41, 5.74) is 6.56. The molecule has 120 valence electrons. The van der Waals surface area contributed by atoms with E-state index in [-0.39, 0.29) is 0 Å². The molecule has 0 radical (unpaired) electrons. The first-order valence-corrected chi connectivity index (χ1v) is 9.09. The highest BCUT2D eigenvalue weighted by Gasteiger charge is 2.15. The van der Waals surface area contributed by atoms with E-state index in [0.29, 0.717) is 5.92 Å². The molecule has 4 rings (SSSR count). The molecule has 2 aromatic carbocycles. The molecule has 0 saturated heterocycles. The maximum Gasteiger partial charge on any atom is 0.135 e. The predicted octanol–water partition coefficient (Wildman–Crippen LogP) is 6.30. The Hall–Kier alpha value is -1.76. The number of rotatable bonds is 3. The second-order valence-corrected chi connectivity index (χ2v) is 7.68. The lowest BCUT2D eigenvalue weighted by molar-refractivity contribution is 0.417. The Labute approximate surface area is 138 Å². The Morgan fingerprint density at radius 1 is 0.870 bits per heavy atom. The van der Waals surface area contributed by atoms with Crippen LogP contribution in [0.3, 0.4) is 0 Å². The van der Waals surface area contributed by atoms with Crippen LogP contribution in [0.1, 0.15) is 50.3 Å². The highest BCUT2D eigenvalue weighted by molar-refractivity contribution is 6.05. The summed E-state index contributed by atoms with van der Waals surface area (Å²) in [6, 6.07) is 11.4. The van der Waals surface area contributed by atoms with Crippen molar-refractivity contribution in [2.24, 2.45) is 11.8 Å². The Balaban J connectivity index is 1.81. The summed E-state index contributed by atoms with van der Waals surface area (Å²) in [6.45, 7) is 6.96. The average molecular weight is 306 g/mol. The molecule has 0 bridgehead atoms. The van der Waals surface area contributed by atoms with Crippen molar-refractivity contribution >= 4 is 21.9 Å². The van der Waals surface area contributed by atoms with Crippen LogP contribution >= 0.6 is 0 Å². The van der Waals surface area contributed by atoms with Crippen molar-refractivity contribution in [3.05, 3.63) is 47.0 Å². The number of benzene rings is 2. The first-order valence-electron chi connectivity index (χ1n) is 9.09. The van der Waals surface area contributed by atoms with Gasteiger partial charge >= 0.3 is 0 Å². The monoisotopic (exact) mass is 306 g/mol. The number of fused-ring (bicyclic) bond motifs is 4. The fourth-order valence-electron chi connectivity index (χ4n) is 3.79. The summed E-state index contributed by atoms with van der Waals surface area (Å²) in [5.74, 6) is 1.43. The average Bonchev–Trinajstić information content (AvgIpc) is 2.89. The molecule has 0 spiro atoms. The van der Waals surface area contributed by atoms with Crippen molar-refractivity contribution in [2.75, 3.05) is 0 Å². The Morgan fingerprint density at radius 3 is 2.30 bits per heavy atom. The van der Waals surface area contributed by atoms with E-state index >= 15 is 0 Å². The van der Waals surface area contributed by atoms with Crippen molar-refractivity contribution in [2.45, 2.75) is 52.9 Å². The second-order valence-electron chi connectivity index (χ2n) is 7.68. The number of furan rings is 1. The molecule has 0 aliphatic heterocycles. The molecule has 0 fully saturated rings. The lowest BCUT2D eigenvalue weighted by atomic mass is 9.89. The van der Waals surface area contributed by atoms with Gasteiger partial charge in [-0.3, -0.25) is 0 Å². The van der Waals surface area contributed by atoms with E-state index in [4.69, 9.17) is 4.42 Å². The van der Waals surface area contributed by atoms with Gasteiger partial charge in [0.2, 0.25) is 0 Å². The molecule has 0 amide bonds. The van der Waals surface area contributed by atoms with Gasteiger partial charge in [-0.15, -0.1) is 0 Å². The normalized spacial score (nSPS) is 16.2. The molecule has 23 heavy (non-hydrogen) atoms. The number of hydrogen-bond donors (Lipinski definition) is 0. The molecule has 1 aliphatic carbocycles. The Bertz CT molecular complexity index is 853. The third-order valence-corrected chi connectivity index (χ3v) is 5.69. The smallest absolute Gasteiger partial charge is 0.135 e. The van der Waals surface area contributed by atoms with Crippen molar-refractivity contribution in [3.8, 4) is 0 Å². The highest BCUT2D eigenvalue weighted by Crippen LogP contribution is 2.34. The Kier molecular flexibility index (Phi) is 3.67. The molecule has 1 atom stereocenters. The standard InChI is InChI=1S/C22H26O/c1-14(2)15(3)10-16-8-9-21-19(11-16)20-12-17-6-4-5-7-18(17)13-22(20)23-21/h8-9,11-15H,4-7,10H2,1-3H3. The zero-order valence-corrected chi connectivity index (χ0v) is 14.5. The third kappa shape index (κ3) is 2.67. The van der Waals surface area contributed by atoms with Crippen LogP contribution in [0.15, 0.2) is 34.7 Å². The summed E-state index contributed by atoms with van der Waals surface area (Å²) in [4.78, 5) is 0. The van der Waals surface area contributed by atoms with Crippen LogP contribution in [0, 0.1) is 11.8 Å². The summed E-state index contributed by atoms with van der Waals surface area (Å²) in [7, 11) is 0. The number of hydrogen-bond acceptors (Lipinski definition) is 1. The minimum atomic E-state index is 0.707. The molecule has 1 aliphatic rings. The van der Waals surface area contributed by atoms with Crippen molar-refractivity contribution in [1.29, 1.82) is 0 Å². The second kappa shape index (κ2) is 5.70. The fraction of sp³-hybridized carbons (Fsp3) is 0.455. The topological polar surface area (TPSA) is 13.1 Å².